The molecule has 23 heavy (non-hydrogen) atoms. The van der Waals surface area contributed by atoms with E-state index in [1.807, 2.05) is 37.5 Å². The normalized spacial score (nSPS) is 11.2. The van der Waals surface area contributed by atoms with Crippen molar-refractivity contribution < 1.29 is 9.53 Å². The SMILES string of the molecule is COCc1nn(C)cc1C(=O)N(CCN(C)C)Cc1cccs1. The van der Waals surface area contributed by atoms with Crippen LogP contribution in [0.2, 0.25) is 0 Å². The van der Waals surface area contributed by atoms with E-state index in [9.17, 15) is 4.79 Å². The van der Waals surface area contributed by atoms with Crippen LogP contribution >= 0.6 is 11.3 Å². The van der Waals surface area contributed by atoms with E-state index in [1.54, 1.807) is 29.3 Å². The molecule has 1 amide bonds. The first-order chi connectivity index (χ1) is 11.0. The Balaban J connectivity index is 2.20. The number of aromatic nitrogens is 2. The first-order valence-corrected chi connectivity index (χ1v) is 8.37. The highest BCUT2D eigenvalue weighted by atomic mass is 32.1. The Hall–Kier alpha value is -1.70. The van der Waals surface area contributed by atoms with Crippen molar-refractivity contribution in [3.8, 4) is 0 Å². The molecule has 0 atom stereocenters. The number of aryl methyl sites for hydroxylation is 1. The topological polar surface area (TPSA) is 50.6 Å². The molecule has 2 rings (SSSR count). The van der Waals surface area contributed by atoms with Gasteiger partial charge in [0.05, 0.1) is 18.7 Å². The number of ether oxygens (including phenoxy) is 1. The average Bonchev–Trinajstić information content (AvgIpc) is 3.12. The summed E-state index contributed by atoms with van der Waals surface area (Å²) < 4.78 is 6.83. The molecular formula is C16H24N4O2S. The molecule has 0 N–H and O–H groups in total. The summed E-state index contributed by atoms with van der Waals surface area (Å²) in [7, 11) is 7.44. The largest absolute Gasteiger partial charge is 0.378 e. The van der Waals surface area contributed by atoms with Gasteiger partial charge in [-0.2, -0.15) is 5.10 Å². The van der Waals surface area contributed by atoms with Gasteiger partial charge in [0.2, 0.25) is 0 Å². The number of hydrogen-bond donors (Lipinski definition) is 0. The van der Waals surface area contributed by atoms with Crippen molar-refractivity contribution in [1.82, 2.24) is 19.6 Å². The van der Waals surface area contributed by atoms with E-state index in [2.05, 4.69) is 16.1 Å². The number of methoxy groups -OCH3 is 1. The standard InChI is InChI=1S/C16H24N4O2S/c1-18(2)7-8-20(10-13-6-5-9-23-13)16(21)14-11-19(3)17-15(14)12-22-4/h5-6,9,11H,7-8,10,12H2,1-4H3. The molecule has 2 heterocycles. The predicted molar refractivity (Wildman–Crippen MR) is 91.5 cm³/mol. The summed E-state index contributed by atoms with van der Waals surface area (Å²) in [5.41, 5.74) is 1.30. The Morgan fingerprint density at radius 1 is 1.39 bits per heavy atom. The van der Waals surface area contributed by atoms with Crippen molar-refractivity contribution in [2.45, 2.75) is 13.2 Å². The minimum atomic E-state index is 0.000370. The number of carbonyl (C=O) groups excluding carboxylic acids is 1. The third kappa shape index (κ3) is 4.89. The molecule has 0 aliphatic carbocycles. The first kappa shape index (κ1) is 17.7. The zero-order chi connectivity index (χ0) is 16.8. The molecule has 0 fully saturated rings. The lowest BCUT2D eigenvalue weighted by atomic mass is 10.2. The van der Waals surface area contributed by atoms with E-state index in [0.29, 0.717) is 31.0 Å². The van der Waals surface area contributed by atoms with Crippen LogP contribution in [0, 0.1) is 0 Å². The molecule has 2 aromatic heterocycles. The zero-order valence-electron chi connectivity index (χ0n) is 14.2. The fourth-order valence-corrected chi connectivity index (χ4v) is 3.01. The Bertz CT molecular complexity index is 622. The van der Waals surface area contributed by atoms with Crippen molar-refractivity contribution in [3.63, 3.8) is 0 Å². The highest BCUT2D eigenvalue weighted by molar-refractivity contribution is 7.09. The highest BCUT2D eigenvalue weighted by Crippen LogP contribution is 2.16. The number of likely N-dealkylation sites (N-methyl/N-ethyl adjacent to an activating group) is 1. The lowest BCUT2D eigenvalue weighted by Crippen LogP contribution is -2.36. The van der Waals surface area contributed by atoms with Gasteiger partial charge in [0.15, 0.2) is 0 Å². The van der Waals surface area contributed by atoms with Crippen LogP contribution in [0.15, 0.2) is 23.7 Å². The lowest BCUT2D eigenvalue weighted by Gasteiger charge is -2.24. The van der Waals surface area contributed by atoms with Crippen LogP contribution in [0.1, 0.15) is 20.9 Å². The summed E-state index contributed by atoms with van der Waals surface area (Å²) in [6.07, 6.45) is 1.77. The van der Waals surface area contributed by atoms with Crippen molar-refractivity contribution >= 4 is 17.2 Å². The molecule has 0 aliphatic rings. The maximum atomic E-state index is 13.0. The molecule has 2 aromatic rings. The van der Waals surface area contributed by atoms with E-state index in [1.165, 1.54) is 4.88 Å². The zero-order valence-corrected chi connectivity index (χ0v) is 15.0. The van der Waals surface area contributed by atoms with Crippen molar-refractivity contribution in [3.05, 3.63) is 39.8 Å². The molecule has 7 heteroatoms. The summed E-state index contributed by atoms with van der Waals surface area (Å²) in [6, 6.07) is 4.06. The van der Waals surface area contributed by atoms with Gasteiger partial charge < -0.3 is 14.5 Å². The molecule has 0 saturated heterocycles. The van der Waals surface area contributed by atoms with Crippen molar-refractivity contribution in [2.24, 2.45) is 7.05 Å². The smallest absolute Gasteiger partial charge is 0.257 e. The predicted octanol–water partition coefficient (Wildman–Crippen LogP) is 1.83. The van der Waals surface area contributed by atoms with Gasteiger partial charge in [-0.1, -0.05) is 6.07 Å². The van der Waals surface area contributed by atoms with Gasteiger partial charge in [0.25, 0.3) is 5.91 Å². The molecule has 0 unspecified atom stereocenters. The van der Waals surface area contributed by atoms with Crippen LogP contribution in [0.4, 0.5) is 0 Å². The second-order valence-electron chi connectivity index (χ2n) is 5.71. The summed E-state index contributed by atoms with van der Waals surface area (Å²) in [6.45, 7) is 2.44. The third-order valence-electron chi connectivity index (χ3n) is 3.45. The van der Waals surface area contributed by atoms with E-state index in [4.69, 9.17) is 4.74 Å². The Kier molecular flexibility index (Phi) is 6.32. The molecular weight excluding hydrogens is 312 g/mol. The monoisotopic (exact) mass is 336 g/mol. The first-order valence-electron chi connectivity index (χ1n) is 7.49. The molecule has 0 bridgehead atoms. The van der Waals surface area contributed by atoms with E-state index in [-0.39, 0.29) is 5.91 Å². The minimum Gasteiger partial charge on any atom is -0.378 e. The van der Waals surface area contributed by atoms with Gasteiger partial charge in [-0.05, 0) is 25.5 Å². The van der Waals surface area contributed by atoms with Crippen LogP contribution in [0.25, 0.3) is 0 Å². The number of carbonyl (C=O) groups is 1. The van der Waals surface area contributed by atoms with Crippen LogP contribution in [-0.2, 0) is 24.9 Å². The van der Waals surface area contributed by atoms with E-state index >= 15 is 0 Å². The highest BCUT2D eigenvalue weighted by Gasteiger charge is 2.22. The third-order valence-corrected chi connectivity index (χ3v) is 4.31. The van der Waals surface area contributed by atoms with Gasteiger partial charge in [-0.25, -0.2) is 0 Å². The van der Waals surface area contributed by atoms with Gasteiger partial charge in [-0.15, -0.1) is 11.3 Å². The van der Waals surface area contributed by atoms with Crippen LogP contribution in [-0.4, -0.2) is 59.8 Å². The summed E-state index contributed by atoms with van der Waals surface area (Å²) in [5, 5.41) is 6.36. The van der Waals surface area contributed by atoms with Crippen molar-refractivity contribution in [1.29, 1.82) is 0 Å². The second kappa shape index (κ2) is 8.24. The number of rotatable bonds is 8. The Morgan fingerprint density at radius 3 is 2.78 bits per heavy atom. The molecule has 0 aromatic carbocycles. The van der Waals surface area contributed by atoms with Crippen LogP contribution < -0.4 is 0 Å². The number of amides is 1. The molecule has 0 radical (unpaired) electrons. The van der Waals surface area contributed by atoms with Gasteiger partial charge in [0.1, 0.15) is 5.69 Å². The molecule has 0 spiro atoms. The molecule has 0 aliphatic heterocycles. The molecule has 0 saturated carbocycles. The quantitative estimate of drug-likeness (QED) is 0.738. The number of nitrogens with zero attached hydrogens (tertiary/aromatic N) is 4. The summed E-state index contributed by atoms with van der Waals surface area (Å²) in [4.78, 5) is 18.1. The molecule has 126 valence electrons. The van der Waals surface area contributed by atoms with E-state index < -0.39 is 0 Å². The Labute approximate surface area is 141 Å². The van der Waals surface area contributed by atoms with Gasteiger partial charge in [-0.3, -0.25) is 9.48 Å². The van der Waals surface area contributed by atoms with Gasteiger partial charge >= 0.3 is 0 Å². The van der Waals surface area contributed by atoms with Crippen LogP contribution in [0.3, 0.4) is 0 Å². The second-order valence-corrected chi connectivity index (χ2v) is 6.74. The maximum Gasteiger partial charge on any atom is 0.257 e. The summed E-state index contributed by atoms with van der Waals surface area (Å²) >= 11 is 1.66. The van der Waals surface area contributed by atoms with Crippen LogP contribution in [0.5, 0.6) is 0 Å². The minimum absolute atomic E-state index is 0.000370. The van der Waals surface area contributed by atoms with Gasteiger partial charge in [0, 0.05) is 38.3 Å². The Morgan fingerprint density at radius 2 is 2.17 bits per heavy atom. The number of thiophene rings is 1. The summed E-state index contributed by atoms with van der Waals surface area (Å²) in [5.74, 6) is 0.000370. The lowest BCUT2D eigenvalue weighted by molar-refractivity contribution is 0.0729. The fourth-order valence-electron chi connectivity index (χ4n) is 2.29. The average molecular weight is 336 g/mol. The fraction of sp³-hybridized carbons (Fsp3) is 0.500. The van der Waals surface area contributed by atoms with Crippen molar-refractivity contribution in [2.75, 3.05) is 34.3 Å². The number of hydrogen-bond acceptors (Lipinski definition) is 5. The van der Waals surface area contributed by atoms with E-state index in [0.717, 1.165) is 6.54 Å². The maximum absolute atomic E-state index is 13.0. The molecule has 6 nitrogen and oxygen atoms in total.